The number of hydrogen-bond acceptors (Lipinski definition) is 6. The summed E-state index contributed by atoms with van der Waals surface area (Å²) in [5.41, 5.74) is 7.64. The van der Waals surface area contributed by atoms with Crippen molar-refractivity contribution in [3.8, 4) is 5.75 Å². The van der Waals surface area contributed by atoms with Crippen molar-refractivity contribution in [1.82, 2.24) is 14.7 Å². The van der Waals surface area contributed by atoms with Gasteiger partial charge in [0, 0.05) is 36.0 Å². The summed E-state index contributed by atoms with van der Waals surface area (Å²) < 4.78 is 7.40. The topological polar surface area (TPSA) is 94.0 Å². The first-order chi connectivity index (χ1) is 14.8. The van der Waals surface area contributed by atoms with E-state index in [1.807, 2.05) is 47.0 Å². The van der Waals surface area contributed by atoms with E-state index >= 15 is 0 Å². The first kappa shape index (κ1) is 22.4. The number of benzene rings is 1. The van der Waals surface area contributed by atoms with E-state index in [1.165, 1.54) is 12.4 Å². The highest BCUT2D eigenvalue weighted by Crippen LogP contribution is 2.38. The van der Waals surface area contributed by atoms with Crippen molar-refractivity contribution >= 4 is 35.3 Å². The van der Waals surface area contributed by atoms with Crippen LogP contribution in [0.15, 0.2) is 70.5 Å². The molecule has 0 fully saturated rings. The van der Waals surface area contributed by atoms with Crippen molar-refractivity contribution in [3.63, 3.8) is 0 Å². The zero-order valence-corrected chi connectivity index (χ0v) is 18.9. The molecule has 0 atom stereocenters. The molecule has 1 amide bonds. The number of thioether (sulfide) groups is 1. The third-order valence-electron chi connectivity index (χ3n) is 4.26. The Bertz CT molecular complexity index is 1110. The Morgan fingerprint density at radius 3 is 2.71 bits per heavy atom. The van der Waals surface area contributed by atoms with Crippen LogP contribution in [-0.4, -0.2) is 33.4 Å². The van der Waals surface area contributed by atoms with Crippen molar-refractivity contribution in [2.45, 2.75) is 37.0 Å². The van der Waals surface area contributed by atoms with Gasteiger partial charge < -0.3 is 15.8 Å². The number of aliphatic imine (C=N–C) groups is 1. The summed E-state index contributed by atoms with van der Waals surface area (Å²) in [7, 11) is 1.65. The second-order valence-corrected chi connectivity index (χ2v) is 9.68. The molecule has 0 bridgehead atoms. The molecule has 0 spiro atoms. The molecule has 2 aromatic heterocycles. The van der Waals surface area contributed by atoms with Crippen LogP contribution in [0.2, 0.25) is 0 Å². The average molecular weight is 438 g/mol. The summed E-state index contributed by atoms with van der Waals surface area (Å²) in [4.78, 5) is 22.3. The molecule has 1 aromatic carbocycles. The molecule has 0 aliphatic rings. The second-order valence-electron chi connectivity index (χ2n) is 7.81. The highest BCUT2D eigenvalue weighted by Gasteiger charge is 2.17. The maximum absolute atomic E-state index is 12.5. The molecule has 0 saturated heterocycles. The maximum atomic E-state index is 12.5. The number of imidazole rings is 1. The van der Waals surface area contributed by atoms with E-state index in [0.29, 0.717) is 18.0 Å². The predicted octanol–water partition coefficient (Wildman–Crippen LogP) is 4.09. The normalized spacial score (nSPS) is 12.5. The second kappa shape index (κ2) is 9.70. The van der Waals surface area contributed by atoms with Crippen molar-refractivity contribution < 1.29 is 9.53 Å². The molecule has 2 heterocycles. The highest BCUT2D eigenvalue weighted by atomic mass is 32.2. The Morgan fingerprint density at radius 2 is 2.06 bits per heavy atom. The largest absolute Gasteiger partial charge is 0.495 e. The number of methoxy groups -OCH3 is 1. The van der Waals surface area contributed by atoms with Crippen LogP contribution in [0.1, 0.15) is 26.3 Å². The Hall–Kier alpha value is -3.26. The maximum Gasteiger partial charge on any atom is 0.254 e. The fourth-order valence-corrected chi connectivity index (χ4v) is 3.89. The molecular weight excluding hydrogens is 410 g/mol. The minimum atomic E-state index is -0.297. The molecule has 3 aromatic rings. The monoisotopic (exact) mass is 437 g/mol. The van der Waals surface area contributed by atoms with E-state index in [1.54, 1.807) is 25.1 Å². The number of hydrogen-bond donors (Lipinski definition) is 2. The van der Waals surface area contributed by atoms with E-state index in [2.05, 4.69) is 36.1 Å². The van der Waals surface area contributed by atoms with Gasteiger partial charge in [-0.2, -0.15) is 0 Å². The van der Waals surface area contributed by atoms with Gasteiger partial charge in [-0.05, 0) is 5.56 Å². The van der Waals surface area contributed by atoms with Gasteiger partial charge in [0.1, 0.15) is 11.4 Å². The van der Waals surface area contributed by atoms with Crippen LogP contribution >= 0.6 is 11.8 Å². The fourth-order valence-electron chi connectivity index (χ4n) is 2.83. The molecule has 0 saturated carbocycles. The summed E-state index contributed by atoms with van der Waals surface area (Å²) in [5, 5.41) is 2.85. The zero-order valence-electron chi connectivity index (χ0n) is 18.1. The number of nitrogens with one attached hydrogen (secondary N) is 1. The number of carbonyl (C=O) groups is 1. The number of rotatable bonds is 7. The number of pyridine rings is 1. The number of ether oxygens (including phenoxy) is 1. The van der Waals surface area contributed by atoms with Gasteiger partial charge >= 0.3 is 0 Å². The summed E-state index contributed by atoms with van der Waals surface area (Å²) in [6.45, 7) is 6.83. The lowest BCUT2D eigenvalue weighted by Crippen LogP contribution is -2.25. The van der Waals surface area contributed by atoms with Crippen LogP contribution in [0.4, 0.5) is 5.82 Å². The van der Waals surface area contributed by atoms with Gasteiger partial charge in [0.05, 0.1) is 23.8 Å². The molecule has 0 aliphatic heterocycles. The van der Waals surface area contributed by atoms with Crippen LogP contribution in [-0.2, 0) is 11.3 Å². The third-order valence-corrected chi connectivity index (χ3v) is 5.40. The SMILES string of the molecule is COc1cc2ncc(/N=C/C(=C\N)C(=O)NCc3ccccc3)n2cc1SC(C)(C)C. The molecule has 3 N–H and O–H groups in total. The van der Waals surface area contributed by atoms with Gasteiger partial charge in [-0.3, -0.25) is 9.20 Å². The number of nitrogens with zero attached hydrogens (tertiary/aromatic N) is 3. The number of fused-ring (bicyclic) bond motifs is 1. The molecule has 0 unspecified atom stereocenters. The Kier molecular flexibility index (Phi) is 7.02. The van der Waals surface area contributed by atoms with Crippen molar-refractivity contribution in [3.05, 3.63) is 66.1 Å². The Labute approximate surface area is 186 Å². The summed E-state index contributed by atoms with van der Waals surface area (Å²) in [5.74, 6) is 1.05. The number of amides is 1. The molecule has 31 heavy (non-hydrogen) atoms. The first-order valence-electron chi connectivity index (χ1n) is 9.83. The van der Waals surface area contributed by atoms with Crippen LogP contribution < -0.4 is 15.8 Å². The Balaban J connectivity index is 1.80. The van der Waals surface area contributed by atoms with Gasteiger partial charge in [-0.15, -0.1) is 11.8 Å². The summed E-state index contributed by atoms with van der Waals surface area (Å²) in [6.07, 6.45) is 6.29. The molecule has 8 heteroatoms. The van der Waals surface area contributed by atoms with E-state index < -0.39 is 0 Å². The van der Waals surface area contributed by atoms with Gasteiger partial charge in [0.15, 0.2) is 5.82 Å². The van der Waals surface area contributed by atoms with Crippen LogP contribution in [0, 0.1) is 0 Å². The molecule has 0 aliphatic carbocycles. The van der Waals surface area contributed by atoms with Crippen LogP contribution in [0.25, 0.3) is 5.65 Å². The highest BCUT2D eigenvalue weighted by molar-refractivity contribution is 8.00. The standard InChI is InChI=1S/C23H27N5O2S/c1-23(2,3)31-19-15-28-20(10-18(19)30-4)26-14-21(28)25-13-17(11-24)22(29)27-12-16-8-6-5-7-9-16/h5-11,13-15H,12,24H2,1-4H3,(H,27,29)/b17-11+,25-13+. The lowest BCUT2D eigenvalue weighted by Gasteiger charge is -2.19. The molecule has 162 valence electrons. The minimum Gasteiger partial charge on any atom is -0.495 e. The van der Waals surface area contributed by atoms with E-state index in [-0.39, 0.29) is 16.2 Å². The lowest BCUT2D eigenvalue weighted by atomic mass is 10.2. The van der Waals surface area contributed by atoms with Crippen molar-refractivity contribution in [2.75, 3.05) is 7.11 Å². The van der Waals surface area contributed by atoms with Gasteiger partial charge in [-0.25, -0.2) is 9.98 Å². The first-order valence-corrected chi connectivity index (χ1v) is 10.6. The van der Waals surface area contributed by atoms with Crippen molar-refractivity contribution in [1.29, 1.82) is 0 Å². The molecular formula is C23H27N5O2S. The summed E-state index contributed by atoms with van der Waals surface area (Å²) >= 11 is 1.70. The number of aromatic nitrogens is 2. The van der Waals surface area contributed by atoms with Gasteiger partial charge in [0.2, 0.25) is 0 Å². The fraction of sp³-hybridized carbons (Fsp3) is 0.261. The van der Waals surface area contributed by atoms with Gasteiger partial charge in [0.25, 0.3) is 5.91 Å². The van der Waals surface area contributed by atoms with Crippen LogP contribution in [0.5, 0.6) is 5.75 Å². The minimum absolute atomic E-state index is 0.0112. The van der Waals surface area contributed by atoms with Crippen LogP contribution in [0.3, 0.4) is 0 Å². The number of nitrogens with two attached hydrogens (primary N) is 1. The quantitative estimate of drug-likeness (QED) is 0.330. The van der Waals surface area contributed by atoms with E-state index in [0.717, 1.165) is 16.2 Å². The molecule has 7 nitrogen and oxygen atoms in total. The number of carbonyl (C=O) groups excluding carboxylic acids is 1. The molecule has 3 rings (SSSR count). The van der Waals surface area contributed by atoms with E-state index in [9.17, 15) is 4.79 Å². The zero-order chi connectivity index (χ0) is 22.4. The lowest BCUT2D eigenvalue weighted by molar-refractivity contribution is -0.117. The average Bonchev–Trinajstić information content (AvgIpc) is 3.13. The van der Waals surface area contributed by atoms with E-state index in [4.69, 9.17) is 10.5 Å². The van der Waals surface area contributed by atoms with Crippen molar-refractivity contribution in [2.24, 2.45) is 10.7 Å². The summed E-state index contributed by atoms with van der Waals surface area (Å²) in [6, 6.07) is 11.5. The van der Waals surface area contributed by atoms with Gasteiger partial charge in [-0.1, -0.05) is 51.1 Å². The molecule has 0 radical (unpaired) electrons. The smallest absolute Gasteiger partial charge is 0.254 e. The predicted molar refractivity (Wildman–Crippen MR) is 126 cm³/mol. The third kappa shape index (κ3) is 5.88. The Morgan fingerprint density at radius 1 is 1.32 bits per heavy atom.